The molecule has 9 heteroatoms. The summed E-state index contributed by atoms with van der Waals surface area (Å²) in [4.78, 5) is 52.6. The van der Waals surface area contributed by atoms with Gasteiger partial charge in [-0.3, -0.25) is 9.59 Å². The highest BCUT2D eigenvalue weighted by Crippen LogP contribution is 2.75. The average Bonchev–Trinajstić information content (AvgIpc) is 3.12. The molecule has 316 valence electrons. The van der Waals surface area contributed by atoms with E-state index in [4.69, 9.17) is 9.47 Å². The molecule has 0 radical (unpaired) electrons. The van der Waals surface area contributed by atoms with Crippen LogP contribution in [0.2, 0.25) is 0 Å². The van der Waals surface area contributed by atoms with Crippen molar-refractivity contribution in [1.82, 2.24) is 10.6 Å². The monoisotopic (exact) mass is 789 g/mol. The molecule has 0 bridgehead atoms. The van der Waals surface area contributed by atoms with Crippen LogP contribution >= 0.6 is 0 Å². The van der Waals surface area contributed by atoms with E-state index in [0.29, 0.717) is 11.8 Å². The van der Waals surface area contributed by atoms with E-state index >= 15 is 0 Å². The zero-order valence-corrected chi connectivity index (χ0v) is 37.3. The van der Waals surface area contributed by atoms with Gasteiger partial charge in [0.1, 0.15) is 12.7 Å². The SMILES string of the molecule is CC(=O)NCCOC(=O)c1ccccc1C(=O)O[C@H]1CC[C@]2(C)[C@H]3CCC4=C5CC(C)(C)CC[C@]5(C(=O)NCCC[N+](C)(C)C)CC[C@@]4(C)[C@]3(C)CC[C@H]2C1(C)C. The molecule has 5 aliphatic rings. The van der Waals surface area contributed by atoms with Gasteiger partial charge in [0.2, 0.25) is 11.8 Å². The van der Waals surface area contributed by atoms with Gasteiger partial charge in [0.05, 0.1) is 50.8 Å². The Labute approximate surface area is 343 Å². The summed E-state index contributed by atoms with van der Waals surface area (Å²) >= 11 is 0. The van der Waals surface area contributed by atoms with Crippen molar-refractivity contribution in [3.63, 3.8) is 0 Å². The fraction of sp³-hybridized carbons (Fsp3) is 0.750. The number of ether oxygens (including phenoxy) is 2. The predicted octanol–water partition coefficient (Wildman–Crippen LogP) is 8.66. The van der Waals surface area contributed by atoms with Gasteiger partial charge >= 0.3 is 11.9 Å². The van der Waals surface area contributed by atoms with Gasteiger partial charge in [-0.2, -0.15) is 0 Å². The third kappa shape index (κ3) is 7.84. The Balaban J connectivity index is 1.22. The number of benzene rings is 1. The molecule has 6 rings (SSSR count). The zero-order chi connectivity index (χ0) is 41.8. The summed E-state index contributed by atoms with van der Waals surface area (Å²) in [6.45, 7) is 20.6. The molecule has 0 saturated heterocycles. The average molecular weight is 789 g/mol. The second-order valence-corrected chi connectivity index (χ2v) is 21.9. The van der Waals surface area contributed by atoms with E-state index in [1.54, 1.807) is 29.8 Å². The smallest absolute Gasteiger partial charge is 0.339 e. The van der Waals surface area contributed by atoms with Crippen molar-refractivity contribution in [1.29, 1.82) is 0 Å². The number of carbonyl (C=O) groups excluding carboxylic acids is 4. The minimum Gasteiger partial charge on any atom is -0.460 e. The van der Waals surface area contributed by atoms with Crippen LogP contribution in [0.5, 0.6) is 0 Å². The number of fused-ring (bicyclic) bond motifs is 6. The van der Waals surface area contributed by atoms with E-state index in [-0.39, 0.29) is 74.7 Å². The summed E-state index contributed by atoms with van der Waals surface area (Å²) in [5, 5.41) is 6.08. The van der Waals surface area contributed by atoms with Gasteiger partial charge in [-0.25, -0.2) is 9.59 Å². The summed E-state index contributed by atoms with van der Waals surface area (Å²) in [5.74, 6) is -0.126. The largest absolute Gasteiger partial charge is 0.460 e. The van der Waals surface area contributed by atoms with Crippen LogP contribution in [0.1, 0.15) is 153 Å². The highest BCUT2D eigenvalue weighted by atomic mass is 16.5. The van der Waals surface area contributed by atoms with Crippen LogP contribution in [0.25, 0.3) is 0 Å². The Morgan fingerprint density at radius 1 is 0.754 bits per heavy atom. The standard InChI is InChI=1S/C48H73N3O6/c1-32(52)49-28-30-56-40(53)33-15-12-13-16-34(33)41(54)57-39-20-21-45(6)37(44(39,4)5)19-22-47(8)38(45)18-17-35-36-31-43(2,3)23-25-48(36,26-24-46(35,47)7)42(55)50-27-14-29-51(9,10)11/h12-13,15-16,37-39H,14,17-31H2,1-11H3,(H-,49,50,52,55)/p+1/t37-,38+,39-,45-,46+,47+,48-/m0/s1. The Bertz CT molecular complexity index is 1770. The van der Waals surface area contributed by atoms with Gasteiger partial charge < -0.3 is 24.6 Å². The first-order chi connectivity index (χ1) is 26.5. The number of esters is 2. The molecule has 0 spiro atoms. The third-order valence-corrected chi connectivity index (χ3v) is 16.5. The van der Waals surface area contributed by atoms with Crippen LogP contribution in [-0.2, 0) is 19.1 Å². The second kappa shape index (κ2) is 15.4. The number of hydrogen-bond donors (Lipinski definition) is 2. The summed E-state index contributed by atoms with van der Waals surface area (Å²) in [6.07, 6.45) is 11.9. The highest BCUT2D eigenvalue weighted by Gasteiger charge is 2.68. The molecule has 1 aromatic carbocycles. The Morgan fingerprint density at radius 2 is 1.42 bits per heavy atom. The minimum absolute atomic E-state index is 0.0149. The lowest BCUT2D eigenvalue weighted by molar-refractivity contribution is -0.870. The number of nitrogens with zero attached hydrogens (tertiary/aromatic N) is 1. The highest BCUT2D eigenvalue weighted by molar-refractivity contribution is 6.03. The lowest BCUT2D eigenvalue weighted by Crippen LogP contribution is -2.64. The van der Waals surface area contributed by atoms with Crippen molar-refractivity contribution >= 4 is 23.8 Å². The van der Waals surface area contributed by atoms with Gasteiger partial charge in [-0.05, 0) is 116 Å². The normalized spacial score (nSPS) is 34.1. The van der Waals surface area contributed by atoms with Crippen molar-refractivity contribution < 1.29 is 33.1 Å². The maximum Gasteiger partial charge on any atom is 0.339 e. The van der Waals surface area contributed by atoms with Crippen LogP contribution in [0, 0.1) is 44.3 Å². The molecule has 2 N–H and O–H groups in total. The summed E-state index contributed by atoms with van der Waals surface area (Å²) < 4.78 is 12.7. The maximum absolute atomic E-state index is 14.4. The molecule has 1 aromatic rings. The lowest BCUT2D eigenvalue weighted by Gasteiger charge is -2.71. The summed E-state index contributed by atoms with van der Waals surface area (Å²) in [7, 11) is 6.64. The molecule has 0 unspecified atom stereocenters. The Kier molecular flexibility index (Phi) is 11.7. The third-order valence-electron chi connectivity index (χ3n) is 16.5. The Morgan fingerprint density at radius 3 is 2.09 bits per heavy atom. The first-order valence-corrected chi connectivity index (χ1v) is 22.0. The van der Waals surface area contributed by atoms with E-state index in [2.05, 4.69) is 80.2 Å². The molecule has 4 fully saturated rings. The number of quaternary nitrogens is 1. The summed E-state index contributed by atoms with van der Waals surface area (Å²) in [6, 6.07) is 6.69. The van der Waals surface area contributed by atoms with Crippen LogP contribution in [0.4, 0.5) is 0 Å². The van der Waals surface area contributed by atoms with Crippen molar-refractivity contribution in [3.8, 4) is 0 Å². The van der Waals surface area contributed by atoms with E-state index in [1.807, 2.05) is 0 Å². The second-order valence-electron chi connectivity index (χ2n) is 21.9. The van der Waals surface area contributed by atoms with E-state index in [1.165, 1.54) is 12.5 Å². The molecular formula is C48H74N3O6+. The van der Waals surface area contributed by atoms with Crippen LogP contribution < -0.4 is 10.6 Å². The predicted molar refractivity (Wildman–Crippen MR) is 224 cm³/mol. The molecule has 4 saturated carbocycles. The van der Waals surface area contributed by atoms with Gasteiger partial charge in [0.25, 0.3) is 0 Å². The number of amides is 2. The van der Waals surface area contributed by atoms with Crippen LogP contribution in [0.15, 0.2) is 35.4 Å². The molecular weight excluding hydrogens is 715 g/mol. The quantitative estimate of drug-likeness (QED) is 0.101. The number of allylic oxidation sites excluding steroid dienone is 1. The van der Waals surface area contributed by atoms with Crippen molar-refractivity contribution in [2.75, 3.05) is 47.4 Å². The van der Waals surface area contributed by atoms with Gasteiger partial charge in [-0.1, -0.05) is 71.7 Å². The number of carbonyl (C=O) groups is 4. The molecule has 2 amide bonds. The summed E-state index contributed by atoms with van der Waals surface area (Å²) in [5.41, 5.74) is 3.26. The zero-order valence-electron chi connectivity index (χ0n) is 37.3. The van der Waals surface area contributed by atoms with E-state index < -0.39 is 11.9 Å². The van der Waals surface area contributed by atoms with E-state index in [9.17, 15) is 19.2 Å². The lowest BCUT2D eigenvalue weighted by atomic mass is 9.34. The number of rotatable bonds is 11. The van der Waals surface area contributed by atoms with Gasteiger partial charge in [0, 0.05) is 25.3 Å². The molecule has 57 heavy (non-hydrogen) atoms. The minimum atomic E-state index is -0.608. The van der Waals surface area contributed by atoms with Crippen molar-refractivity contribution in [3.05, 3.63) is 46.5 Å². The fourth-order valence-corrected chi connectivity index (χ4v) is 13.2. The van der Waals surface area contributed by atoms with Crippen LogP contribution in [0.3, 0.4) is 0 Å². The maximum atomic E-state index is 14.4. The number of nitrogens with one attached hydrogen (secondary N) is 2. The Hall–Kier alpha value is -3.20. The first-order valence-electron chi connectivity index (χ1n) is 22.0. The van der Waals surface area contributed by atoms with Crippen molar-refractivity contribution in [2.45, 2.75) is 139 Å². The topological polar surface area (TPSA) is 111 Å². The fourth-order valence-electron chi connectivity index (χ4n) is 13.2. The molecule has 9 nitrogen and oxygen atoms in total. The van der Waals surface area contributed by atoms with Gasteiger partial charge in [-0.15, -0.1) is 0 Å². The molecule has 0 heterocycles. The molecule has 0 aromatic heterocycles. The van der Waals surface area contributed by atoms with Gasteiger partial charge in [0.15, 0.2) is 0 Å². The van der Waals surface area contributed by atoms with Crippen LogP contribution in [-0.4, -0.2) is 81.7 Å². The number of hydrogen-bond acceptors (Lipinski definition) is 6. The molecule has 5 aliphatic carbocycles. The molecule has 0 aliphatic heterocycles. The van der Waals surface area contributed by atoms with Crippen molar-refractivity contribution in [2.24, 2.45) is 44.3 Å². The first kappa shape index (κ1) is 43.4. The van der Waals surface area contributed by atoms with E-state index in [0.717, 1.165) is 94.6 Å². The molecule has 7 atom stereocenters.